The van der Waals surface area contributed by atoms with E-state index in [1.54, 1.807) is 18.2 Å². The van der Waals surface area contributed by atoms with E-state index in [1.807, 2.05) is 27.7 Å². The van der Waals surface area contributed by atoms with E-state index < -0.39 is 10.0 Å². The van der Waals surface area contributed by atoms with Gasteiger partial charge in [0.05, 0.1) is 24.6 Å². The van der Waals surface area contributed by atoms with Crippen LogP contribution in [0.2, 0.25) is 0 Å². The van der Waals surface area contributed by atoms with Crippen molar-refractivity contribution in [2.45, 2.75) is 44.7 Å². The van der Waals surface area contributed by atoms with Crippen LogP contribution in [-0.2, 0) is 26.1 Å². The fourth-order valence-electron chi connectivity index (χ4n) is 2.31. The van der Waals surface area contributed by atoms with Crippen molar-refractivity contribution in [2.75, 3.05) is 33.4 Å². The second-order valence-corrected chi connectivity index (χ2v) is 9.15. The normalized spacial score (nSPS) is 12.1. The van der Waals surface area contributed by atoms with E-state index in [4.69, 9.17) is 4.74 Å². The standard InChI is InChI=1S/C19H33N5O4S.HI/c1-6-20-18(22-14-17(25)24-19(2,3)4)21-13-15-8-7-9-16(12-15)29(26,27)23-10-11-28-5;/h7-9,12,23H,6,10-11,13-14H2,1-5H3,(H,24,25)(H2,20,21,22);1H. The van der Waals surface area contributed by atoms with Gasteiger partial charge in [0.2, 0.25) is 15.9 Å². The Kier molecular flexibility index (Phi) is 13.1. The Morgan fingerprint density at radius 3 is 2.50 bits per heavy atom. The van der Waals surface area contributed by atoms with Crippen LogP contribution in [0.1, 0.15) is 33.3 Å². The van der Waals surface area contributed by atoms with E-state index in [0.29, 0.717) is 19.1 Å². The molecule has 0 aromatic heterocycles. The molecule has 0 aliphatic carbocycles. The van der Waals surface area contributed by atoms with Gasteiger partial charge in [-0.25, -0.2) is 18.1 Å². The second kappa shape index (κ2) is 13.8. The van der Waals surface area contributed by atoms with Crippen molar-refractivity contribution >= 4 is 45.9 Å². The molecular formula is C19H34IN5O4S. The summed E-state index contributed by atoms with van der Waals surface area (Å²) in [6, 6.07) is 6.58. The number of carbonyl (C=O) groups excluding carboxylic acids is 1. The number of sulfonamides is 1. The van der Waals surface area contributed by atoms with E-state index in [0.717, 1.165) is 5.56 Å². The van der Waals surface area contributed by atoms with E-state index >= 15 is 0 Å². The fourth-order valence-corrected chi connectivity index (χ4v) is 3.39. The summed E-state index contributed by atoms with van der Waals surface area (Å²) in [5, 5.41) is 8.91. The van der Waals surface area contributed by atoms with E-state index in [-0.39, 0.29) is 60.0 Å². The van der Waals surface area contributed by atoms with Crippen molar-refractivity contribution in [2.24, 2.45) is 4.99 Å². The predicted octanol–water partition coefficient (Wildman–Crippen LogP) is 1.20. The molecule has 1 aromatic carbocycles. The molecule has 0 saturated heterocycles. The fraction of sp³-hybridized carbons (Fsp3) is 0.579. The first-order valence-corrected chi connectivity index (χ1v) is 11.0. The lowest BCUT2D eigenvalue weighted by atomic mass is 10.1. The van der Waals surface area contributed by atoms with Crippen molar-refractivity contribution in [3.05, 3.63) is 29.8 Å². The number of halogens is 1. The maximum absolute atomic E-state index is 12.3. The Hall–Kier alpha value is -1.44. The maximum Gasteiger partial charge on any atom is 0.240 e. The van der Waals surface area contributed by atoms with Crippen molar-refractivity contribution in [1.29, 1.82) is 0 Å². The van der Waals surface area contributed by atoms with E-state index in [1.165, 1.54) is 13.2 Å². The summed E-state index contributed by atoms with van der Waals surface area (Å²) in [7, 11) is -2.10. The number of amides is 1. The van der Waals surface area contributed by atoms with Crippen LogP contribution in [0, 0.1) is 0 Å². The van der Waals surface area contributed by atoms with E-state index in [9.17, 15) is 13.2 Å². The number of hydrogen-bond donors (Lipinski definition) is 4. The Morgan fingerprint density at radius 1 is 1.20 bits per heavy atom. The first-order valence-electron chi connectivity index (χ1n) is 9.48. The molecule has 0 fully saturated rings. The topological polar surface area (TPSA) is 121 Å². The van der Waals surface area contributed by atoms with Gasteiger partial charge in [-0.1, -0.05) is 12.1 Å². The van der Waals surface area contributed by atoms with Crippen LogP contribution >= 0.6 is 24.0 Å². The highest BCUT2D eigenvalue weighted by Gasteiger charge is 2.15. The highest BCUT2D eigenvalue weighted by molar-refractivity contribution is 14.0. The van der Waals surface area contributed by atoms with Gasteiger partial charge in [-0.15, -0.1) is 24.0 Å². The Bertz CT molecular complexity index is 794. The number of ether oxygens (including phenoxy) is 1. The van der Waals surface area contributed by atoms with Crippen LogP contribution < -0.4 is 20.7 Å². The number of benzene rings is 1. The number of hydrogen-bond acceptors (Lipinski definition) is 5. The Balaban J connectivity index is 0.00000841. The van der Waals surface area contributed by atoms with Gasteiger partial charge in [-0.05, 0) is 45.4 Å². The van der Waals surface area contributed by atoms with Gasteiger partial charge in [0, 0.05) is 25.7 Å². The third-order valence-corrected chi connectivity index (χ3v) is 4.96. The number of guanidine groups is 1. The smallest absolute Gasteiger partial charge is 0.240 e. The maximum atomic E-state index is 12.3. The molecule has 0 aliphatic rings. The lowest BCUT2D eigenvalue weighted by Gasteiger charge is -2.21. The molecule has 9 nitrogen and oxygen atoms in total. The molecule has 0 heterocycles. The van der Waals surface area contributed by atoms with Gasteiger partial charge in [0.15, 0.2) is 5.96 Å². The highest BCUT2D eigenvalue weighted by Crippen LogP contribution is 2.12. The minimum atomic E-state index is -3.61. The SMILES string of the molecule is CCNC(=NCc1cccc(S(=O)(=O)NCCOC)c1)NCC(=O)NC(C)(C)C.I. The second-order valence-electron chi connectivity index (χ2n) is 7.38. The molecule has 1 rings (SSSR count). The molecule has 1 aromatic rings. The summed E-state index contributed by atoms with van der Waals surface area (Å²) in [4.78, 5) is 16.6. The molecule has 0 radical (unpaired) electrons. The molecule has 4 N–H and O–H groups in total. The first-order chi connectivity index (χ1) is 13.6. The molecule has 1 amide bonds. The van der Waals surface area contributed by atoms with Crippen LogP contribution in [0.4, 0.5) is 0 Å². The van der Waals surface area contributed by atoms with Gasteiger partial charge in [0.25, 0.3) is 0 Å². The summed E-state index contributed by atoms with van der Waals surface area (Å²) < 4.78 is 32.0. The van der Waals surface area contributed by atoms with Gasteiger partial charge < -0.3 is 20.7 Å². The van der Waals surface area contributed by atoms with Gasteiger partial charge >= 0.3 is 0 Å². The zero-order valence-corrected chi connectivity index (χ0v) is 21.4. The van der Waals surface area contributed by atoms with Crippen LogP contribution in [0.3, 0.4) is 0 Å². The van der Waals surface area contributed by atoms with Crippen LogP contribution in [0.15, 0.2) is 34.2 Å². The molecule has 0 saturated carbocycles. The minimum absolute atomic E-state index is 0. The summed E-state index contributed by atoms with van der Waals surface area (Å²) in [6.45, 7) is 9.13. The van der Waals surface area contributed by atoms with E-state index in [2.05, 4.69) is 25.7 Å². The molecule has 30 heavy (non-hydrogen) atoms. The molecule has 0 aliphatic heterocycles. The van der Waals surface area contributed by atoms with Gasteiger partial charge in [-0.2, -0.15) is 0 Å². The Morgan fingerprint density at radius 2 is 1.90 bits per heavy atom. The average molecular weight is 555 g/mol. The summed E-state index contributed by atoms with van der Waals surface area (Å²) in [5.74, 6) is 0.335. The summed E-state index contributed by atoms with van der Waals surface area (Å²) in [5.41, 5.74) is 0.424. The average Bonchev–Trinajstić information content (AvgIpc) is 2.63. The Labute approximate surface area is 196 Å². The molecular weight excluding hydrogens is 521 g/mol. The quantitative estimate of drug-likeness (QED) is 0.149. The zero-order chi connectivity index (χ0) is 21.9. The van der Waals surface area contributed by atoms with Gasteiger partial charge in [0.1, 0.15) is 0 Å². The number of carbonyl (C=O) groups is 1. The van der Waals surface area contributed by atoms with Crippen molar-refractivity contribution in [3.8, 4) is 0 Å². The molecule has 11 heteroatoms. The van der Waals surface area contributed by atoms with Crippen molar-refractivity contribution in [1.82, 2.24) is 20.7 Å². The van der Waals surface area contributed by atoms with Crippen LogP contribution in [0.5, 0.6) is 0 Å². The monoisotopic (exact) mass is 555 g/mol. The predicted molar refractivity (Wildman–Crippen MR) is 130 cm³/mol. The van der Waals surface area contributed by atoms with Gasteiger partial charge in [-0.3, -0.25) is 4.79 Å². The molecule has 0 atom stereocenters. The lowest BCUT2D eigenvalue weighted by molar-refractivity contribution is -0.121. The molecule has 0 spiro atoms. The third-order valence-electron chi connectivity index (χ3n) is 3.50. The highest BCUT2D eigenvalue weighted by atomic mass is 127. The molecule has 172 valence electrons. The number of rotatable bonds is 10. The number of methoxy groups -OCH3 is 1. The summed E-state index contributed by atoms with van der Waals surface area (Å²) >= 11 is 0. The van der Waals surface area contributed by atoms with Crippen LogP contribution in [0.25, 0.3) is 0 Å². The molecule has 0 bridgehead atoms. The van der Waals surface area contributed by atoms with Crippen LogP contribution in [-0.4, -0.2) is 59.2 Å². The summed E-state index contributed by atoms with van der Waals surface area (Å²) in [6.07, 6.45) is 0. The molecule has 0 unspecified atom stereocenters. The number of aliphatic imine (C=N–C) groups is 1. The van der Waals surface area contributed by atoms with Crippen molar-refractivity contribution in [3.63, 3.8) is 0 Å². The third kappa shape index (κ3) is 11.7. The number of nitrogens with one attached hydrogen (secondary N) is 4. The van der Waals surface area contributed by atoms with Crippen molar-refractivity contribution < 1.29 is 17.9 Å². The number of nitrogens with zero attached hydrogens (tertiary/aromatic N) is 1. The zero-order valence-electron chi connectivity index (χ0n) is 18.2. The minimum Gasteiger partial charge on any atom is -0.383 e. The lowest BCUT2D eigenvalue weighted by Crippen LogP contribution is -2.48. The largest absolute Gasteiger partial charge is 0.383 e. The first kappa shape index (κ1) is 28.6.